The van der Waals surface area contributed by atoms with Crippen LogP contribution >= 0.6 is 22.9 Å². The van der Waals surface area contributed by atoms with E-state index in [9.17, 15) is 23.1 Å². The maximum absolute atomic E-state index is 13.4. The molecule has 0 radical (unpaired) electrons. The van der Waals surface area contributed by atoms with Gasteiger partial charge >= 0.3 is 11.7 Å². The summed E-state index contributed by atoms with van der Waals surface area (Å²) in [5.41, 5.74) is -1.42. The Balaban J connectivity index is 1.87. The summed E-state index contributed by atoms with van der Waals surface area (Å²) >= 11 is 7.17. The highest BCUT2D eigenvalue weighted by molar-refractivity contribution is 7.15. The van der Waals surface area contributed by atoms with Crippen LogP contribution < -0.4 is 10.1 Å². The average Bonchev–Trinajstić information content (AvgIpc) is 3.20. The summed E-state index contributed by atoms with van der Waals surface area (Å²) in [5.74, 6) is -0.444. The van der Waals surface area contributed by atoms with Gasteiger partial charge in [0, 0.05) is 6.20 Å². The fraction of sp³-hybridized carbons (Fsp3) is 0.0870. The van der Waals surface area contributed by atoms with E-state index in [1.165, 1.54) is 32.4 Å². The summed E-state index contributed by atoms with van der Waals surface area (Å²) in [5, 5.41) is 12.8. The summed E-state index contributed by atoms with van der Waals surface area (Å²) in [6.07, 6.45) is -1.49. The smallest absolute Gasteiger partial charge is 0.416 e. The number of pyridine rings is 1. The number of benzene rings is 2. The second-order valence-corrected chi connectivity index (χ2v) is 9.04. The van der Waals surface area contributed by atoms with Gasteiger partial charge in [0.2, 0.25) is 0 Å². The molecule has 5 aromatic rings. The second kappa shape index (κ2) is 7.86. The SMILES string of the molecule is O=c1c(-c2cccc(C(F)(F)F)c2)c(O)[n+](Cc2cnc(Cl)s2)c2c3ccccc3ccn12. The number of rotatable bonds is 3. The predicted molar refractivity (Wildman–Crippen MR) is 120 cm³/mol. The van der Waals surface area contributed by atoms with Crippen LogP contribution in [0, 0.1) is 0 Å². The van der Waals surface area contributed by atoms with Crippen molar-refractivity contribution in [3.05, 3.63) is 92.3 Å². The molecule has 0 aliphatic heterocycles. The van der Waals surface area contributed by atoms with Gasteiger partial charge in [-0.15, -0.1) is 11.3 Å². The molecule has 0 saturated heterocycles. The maximum Gasteiger partial charge on any atom is 0.416 e. The van der Waals surface area contributed by atoms with Gasteiger partial charge < -0.3 is 5.11 Å². The molecule has 0 atom stereocenters. The van der Waals surface area contributed by atoms with Gasteiger partial charge in [-0.1, -0.05) is 41.9 Å². The number of hydrogen-bond donors (Lipinski definition) is 1. The van der Waals surface area contributed by atoms with Crippen molar-refractivity contribution in [1.82, 2.24) is 9.38 Å². The van der Waals surface area contributed by atoms with E-state index in [0.29, 0.717) is 20.4 Å². The minimum absolute atomic E-state index is 0.0361. The van der Waals surface area contributed by atoms with Crippen molar-refractivity contribution in [2.24, 2.45) is 0 Å². The molecule has 0 fully saturated rings. The average molecular weight is 489 g/mol. The third-order valence-corrected chi connectivity index (χ3v) is 6.42. The lowest BCUT2D eigenvalue weighted by Crippen LogP contribution is -2.41. The molecule has 3 heterocycles. The Morgan fingerprint density at radius 1 is 1.12 bits per heavy atom. The number of alkyl halides is 3. The van der Waals surface area contributed by atoms with Crippen LogP contribution in [0.15, 0.2) is 71.8 Å². The lowest BCUT2D eigenvalue weighted by molar-refractivity contribution is -0.670. The third kappa shape index (κ3) is 3.73. The molecular weight excluding hydrogens is 475 g/mol. The van der Waals surface area contributed by atoms with E-state index in [0.717, 1.165) is 17.5 Å². The largest absolute Gasteiger partial charge is 0.477 e. The molecule has 5 rings (SSSR count). The minimum Gasteiger partial charge on any atom is -0.477 e. The van der Waals surface area contributed by atoms with E-state index in [4.69, 9.17) is 11.6 Å². The van der Waals surface area contributed by atoms with Gasteiger partial charge in [-0.25, -0.2) is 9.78 Å². The highest BCUT2D eigenvalue weighted by atomic mass is 35.5. The van der Waals surface area contributed by atoms with E-state index in [2.05, 4.69) is 4.98 Å². The van der Waals surface area contributed by atoms with Gasteiger partial charge in [0.05, 0.1) is 15.8 Å². The predicted octanol–water partition coefficient (Wildman–Crippen LogP) is 5.29. The summed E-state index contributed by atoms with van der Waals surface area (Å²) in [6, 6.07) is 13.4. The summed E-state index contributed by atoms with van der Waals surface area (Å²) < 4.78 is 43.1. The Bertz CT molecular complexity index is 1590. The number of nitrogens with zero attached hydrogens (tertiary/aromatic N) is 3. The molecule has 0 bridgehead atoms. The molecule has 33 heavy (non-hydrogen) atoms. The Morgan fingerprint density at radius 3 is 2.64 bits per heavy atom. The van der Waals surface area contributed by atoms with Gasteiger partial charge in [0.25, 0.3) is 11.5 Å². The summed E-state index contributed by atoms with van der Waals surface area (Å²) in [4.78, 5) is 18.2. The standard InChI is InChI=1S/C23H13ClF3N3O2S/c24-22-28-11-16(33-22)12-30-19-17-7-2-1-4-13(17)8-9-29(19)20(31)18(21(30)32)14-5-3-6-15(10-14)23(25,26)27/h1-11H,12H2/p+1. The van der Waals surface area contributed by atoms with Crippen LogP contribution in [0.5, 0.6) is 5.88 Å². The fourth-order valence-electron chi connectivity index (χ4n) is 3.86. The molecular formula is C23H14ClF3N3O2S+. The maximum atomic E-state index is 13.4. The number of hydrogen-bond acceptors (Lipinski definition) is 4. The van der Waals surface area contributed by atoms with Crippen molar-refractivity contribution in [3.63, 3.8) is 0 Å². The summed E-state index contributed by atoms with van der Waals surface area (Å²) in [6.45, 7) is 0.111. The number of aromatic nitrogens is 3. The van der Waals surface area contributed by atoms with Gasteiger partial charge in [0.1, 0.15) is 12.7 Å². The second-order valence-electron chi connectivity index (χ2n) is 7.34. The molecule has 166 valence electrons. The number of halogens is 4. The Labute approximate surface area is 193 Å². The van der Waals surface area contributed by atoms with Crippen molar-refractivity contribution >= 4 is 39.4 Å². The van der Waals surface area contributed by atoms with Crippen molar-refractivity contribution < 1.29 is 22.8 Å². The number of thiazole rings is 1. The van der Waals surface area contributed by atoms with Gasteiger partial charge in [0.15, 0.2) is 10.0 Å². The minimum atomic E-state index is -4.59. The molecule has 0 aliphatic carbocycles. The molecule has 0 aliphatic rings. The zero-order valence-corrected chi connectivity index (χ0v) is 18.2. The van der Waals surface area contributed by atoms with E-state index in [-0.39, 0.29) is 17.7 Å². The molecule has 10 heteroatoms. The highest BCUT2D eigenvalue weighted by Crippen LogP contribution is 2.33. The van der Waals surface area contributed by atoms with Crippen LogP contribution in [0.1, 0.15) is 10.4 Å². The first-order valence-electron chi connectivity index (χ1n) is 9.71. The monoisotopic (exact) mass is 488 g/mol. The lowest BCUT2D eigenvalue weighted by Gasteiger charge is -2.12. The Hall–Kier alpha value is -3.43. The first kappa shape index (κ1) is 21.4. The van der Waals surface area contributed by atoms with Crippen LogP contribution in [0.3, 0.4) is 0 Å². The molecule has 3 aromatic heterocycles. The molecule has 1 N–H and O–H groups in total. The zero-order valence-electron chi connectivity index (χ0n) is 16.7. The van der Waals surface area contributed by atoms with Crippen LogP contribution in [0.25, 0.3) is 27.5 Å². The van der Waals surface area contributed by atoms with Gasteiger partial charge in [-0.05, 0) is 35.2 Å². The van der Waals surface area contributed by atoms with Gasteiger partial charge in [-0.2, -0.15) is 22.1 Å². The molecule has 5 nitrogen and oxygen atoms in total. The Kier molecular flexibility index (Phi) is 5.10. The first-order valence-corrected chi connectivity index (χ1v) is 10.9. The van der Waals surface area contributed by atoms with Gasteiger partial charge in [-0.3, -0.25) is 0 Å². The first-order chi connectivity index (χ1) is 15.7. The lowest BCUT2D eigenvalue weighted by atomic mass is 10.0. The fourth-order valence-corrected chi connectivity index (χ4v) is 4.82. The number of aromatic hydroxyl groups is 1. The molecule has 0 unspecified atom stereocenters. The quantitative estimate of drug-likeness (QED) is 0.277. The van der Waals surface area contributed by atoms with Crippen molar-refractivity contribution in [1.29, 1.82) is 0 Å². The zero-order chi connectivity index (χ0) is 23.3. The summed E-state index contributed by atoms with van der Waals surface area (Å²) in [7, 11) is 0. The van der Waals surface area contributed by atoms with E-state index < -0.39 is 23.2 Å². The van der Waals surface area contributed by atoms with E-state index in [1.807, 2.05) is 18.2 Å². The number of fused-ring (bicyclic) bond motifs is 3. The van der Waals surface area contributed by atoms with Crippen molar-refractivity contribution in [2.75, 3.05) is 0 Å². The molecule has 2 aromatic carbocycles. The van der Waals surface area contributed by atoms with Crippen LogP contribution in [-0.4, -0.2) is 14.5 Å². The molecule has 0 spiro atoms. The van der Waals surface area contributed by atoms with E-state index in [1.54, 1.807) is 24.5 Å². The van der Waals surface area contributed by atoms with Crippen molar-refractivity contribution in [2.45, 2.75) is 12.7 Å². The van der Waals surface area contributed by atoms with Crippen LogP contribution in [0.2, 0.25) is 4.47 Å². The van der Waals surface area contributed by atoms with Crippen LogP contribution in [-0.2, 0) is 12.7 Å². The Morgan fingerprint density at radius 2 is 1.91 bits per heavy atom. The van der Waals surface area contributed by atoms with E-state index >= 15 is 0 Å². The normalized spacial score (nSPS) is 12.0. The molecule has 0 amide bonds. The van der Waals surface area contributed by atoms with Crippen LogP contribution in [0.4, 0.5) is 13.2 Å². The molecule has 0 saturated carbocycles. The topological polar surface area (TPSA) is 58.5 Å². The van der Waals surface area contributed by atoms with Crippen molar-refractivity contribution in [3.8, 4) is 17.0 Å². The highest BCUT2D eigenvalue weighted by Gasteiger charge is 2.32. The third-order valence-electron chi connectivity index (χ3n) is 5.32.